The van der Waals surface area contributed by atoms with Gasteiger partial charge >= 0.3 is 0 Å². The smallest absolute Gasteiger partial charge is 0.253 e. The van der Waals surface area contributed by atoms with Gasteiger partial charge in [0, 0.05) is 12.2 Å². The third kappa shape index (κ3) is 2.24. The van der Waals surface area contributed by atoms with Crippen LogP contribution in [0.15, 0.2) is 18.3 Å². The molecular formula is C10H14N4O. The Labute approximate surface area is 88.0 Å². The van der Waals surface area contributed by atoms with Gasteiger partial charge in [-0.2, -0.15) is 0 Å². The lowest BCUT2D eigenvalue weighted by molar-refractivity contribution is 0.0949. The molecule has 15 heavy (non-hydrogen) atoms. The molecule has 5 heteroatoms. The van der Waals surface area contributed by atoms with Gasteiger partial charge in [-0.3, -0.25) is 4.79 Å². The number of amides is 1. The number of nitrogens with two attached hydrogens (primary N) is 1. The number of hydrogen-bond donors (Lipinski definition) is 3. The number of hydrogen-bond acceptors (Lipinski definition) is 4. The predicted octanol–water partition coefficient (Wildman–Crippen LogP) is 0.505. The number of nitrogens with zero attached hydrogens (tertiary/aromatic N) is 1. The van der Waals surface area contributed by atoms with Gasteiger partial charge < -0.3 is 10.7 Å². The molecule has 2 atom stereocenters. The molecule has 0 spiro atoms. The second-order valence-corrected chi connectivity index (χ2v) is 3.87. The molecule has 2 unspecified atom stereocenters. The third-order valence-electron chi connectivity index (χ3n) is 2.60. The summed E-state index contributed by atoms with van der Waals surface area (Å²) in [5.41, 5.74) is 2.97. The summed E-state index contributed by atoms with van der Waals surface area (Å²) >= 11 is 0. The minimum atomic E-state index is -0.0691. The summed E-state index contributed by atoms with van der Waals surface area (Å²) in [6, 6.07) is 3.71. The average molecular weight is 206 g/mol. The number of hydrazine groups is 1. The van der Waals surface area contributed by atoms with E-state index in [4.69, 9.17) is 5.84 Å². The molecule has 1 aromatic rings. The van der Waals surface area contributed by atoms with Crippen molar-refractivity contribution in [1.29, 1.82) is 0 Å². The van der Waals surface area contributed by atoms with Gasteiger partial charge in [-0.05, 0) is 24.5 Å². The number of nitrogen functional groups attached to an aromatic ring is 1. The Morgan fingerprint density at radius 3 is 2.80 bits per heavy atom. The van der Waals surface area contributed by atoms with Crippen LogP contribution in [-0.2, 0) is 0 Å². The quantitative estimate of drug-likeness (QED) is 0.497. The van der Waals surface area contributed by atoms with Crippen molar-refractivity contribution in [2.45, 2.75) is 19.4 Å². The topological polar surface area (TPSA) is 80.0 Å². The standard InChI is InChI=1S/C10H14N4O/c1-6-4-8(6)13-10(15)7-2-3-9(14-11)12-5-7/h2-3,5-6,8H,4,11H2,1H3,(H,12,14)(H,13,15). The lowest BCUT2D eigenvalue weighted by Crippen LogP contribution is -2.26. The summed E-state index contributed by atoms with van der Waals surface area (Å²) in [7, 11) is 0. The largest absolute Gasteiger partial charge is 0.349 e. The van der Waals surface area contributed by atoms with Crippen molar-refractivity contribution in [3.05, 3.63) is 23.9 Å². The van der Waals surface area contributed by atoms with E-state index in [9.17, 15) is 4.79 Å². The second-order valence-electron chi connectivity index (χ2n) is 3.87. The summed E-state index contributed by atoms with van der Waals surface area (Å²) < 4.78 is 0. The minimum Gasteiger partial charge on any atom is -0.349 e. The third-order valence-corrected chi connectivity index (χ3v) is 2.60. The van der Waals surface area contributed by atoms with E-state index in [1.54, 1.807) is 12.1 Å². The highest BCUT2D eigenvalue weighted by atomic mass is 16.1. The van der Waals surface area contributed by atoms with Crippen LogP contribution in [0.1, 0.15) is 23.7 Å². The summed E-state index contributed by atoms with van der Waals surface area (Å²) in [4.78, 5) is 15.6. The Balaban J connectivity index is 1.99. The van der Waals surface area contributed by atoms with Crippen LogP contribution in [-0.4, -0.2) is 16.9 Å². The van der Waals surface area contributed by atoms with E-state index >= 15 is 0 Å². The molecule has 0 saturated heterocycles. The van der Waals surface area contributed by atoms with Crippen LogP contribution < -0.4 is 16.6 Å². The highest BCUT2D eigenvalue weighted by Crippen LogP contribution is 2.29. The SMILES string of the molecule is CC1CC1NC(=O)c1ccc(NN)nc1. The van der Waals surface area contributed by atoms with Crippen molar-refractivity contribution in [1.82, 2.24) is 10.3 Å². The van der Waals surface area contributed by atoms with E-state index in [0.717, 1.165) is 6.42 Å². The monoisotopic (exact) mass is 206 g/mol. The zero-order chi connectivity index (χ0) is 10.8. The first-order chi connectivity index (χ1) is 7.20. The number of rotatable bonds is 3. The first kappa shape index (κ1) is 9.92. The first-order valence-electron chi connectivity index (χ1n) is 4.94. The van der Waals surface area contributed by atoms with E-state index in [0.29, 0.717) is 23.3 Å². The van der Waals surface area contributed by atoms with Gasteiger partial charge in [-0.1, -0.05) is 6.92 Å². The zero-order valence-corrected chi connectivity index (χ0v) is 8.53. The number of carbonyl (C=O) groups is 1. The van der Waals surface area contributed by atoms with Crippen molar-refractivity contribution in [2.24, 2.45) is 11.8 Å². The van der Waals surface area contributed by atoms with Crippen molar-refractivity contribution >= 4 is 11.7 Å². The second kappa shape index (κ2) is 3.86. The predicted molar refractivity (Wildman–Crippen MR) is 57.1 cm³/mol. The van der Waals surface area contributed by atoms with Crippen LogP contribution in [0.3, 0.4) is 0 Å². The molecule has 1 aromatic heterocycles. The number of aromatic nitrogens is 1. The molecule has 1 heterocycles. The maximum Gasteiger partial charge on any atom is 0.253 e. The lowest BCUT2D eigenvalue weighted by Gasteiger charge is -2.04. The van der Waals surface area contributed by atoms with Gasteiger partial charge in [0.1, 0.15) is 5.82 Å². The Morgan fingerprint density at radius 1 is 1.60 bits per heavy atom. The maximum absolute atomic E-state index is 11.6. The molecule has 1 amide bonds. The molecule has 1 aliphatic rings. The van der Waals surface area contributed by atoms with Gasteiger partial charge in [0.25, 0.3) is 5.91 Å². The van der Waals surface area contributed by atoms with Crippen LogP contribution in [0.25, 0.3) is 0 Å². The van der Waals surface area contributed by atoms with Crippen molar-refractivity contribution in [2.75, 3.05) is 5.43 Å². The highest BCUT2D eigenvalue weighted by Gasteiger charge is 2.33. The highest BCUT2D eigenvalue weighted by molar-refractivity contribution is 5.94. The Kier molecular flexibility index (Phi) is 2.55. The maximum atomic E-state index is 11.6. The minimum absolute atomic E-state index is 0.0691. The normalized spacial score (nSPS) is 23.3. The van der Waals surface area contributed by atoms with E-state index in [-0.39, 0.29) is 5.91 Å². The summed E-state index contributed by atoms with van der Waals surface area (Å²) in [5, 5.41) is 2.93. The fourth-order valence-corrected chi connectivity index (χ4v) is 1.39. The van der Waals surface area contributed by atoms with E-state index in [2.05, 4.69) is 22.7 Å². The van der Waals surface area contributed by atoms with Crippen LogP contribution in [0.4, 0.5) is 5.82 Å². The average Bonchev–Trinajstić information content (AvgIpc) is 2.94. The molecule has 1 fully saturated rings. The molecule has 0 bridgehead atoms. The number of nitrogens with one attached hydrogen (secondary N) is 2. The van der Waals surface area contributed by atoms with Gasteiger partial charge in [0.15, 0.2) is 0 Å². The Bertz CT molecular complexity index is 362. The number of anilines is 1. The first-order valence-corrected chi connectivity index (χ1v) is 4.94. The van der Waals surface area contributed by atoms with Crippen LogP contribution >= 0.6 is 0 Å². The lowest BCUT2D eigenvalue weighted by atomic mass is 10.2. The van der Waals surface area contributed by atoms with Gasteiger partial charge in [0.05, 0.1) is 5.56 Å². The number of pyridine rings is 1. The van der Waals surface area contributed by atoms with Crippen molar-refractivity contribution in [3.63, 3.8) is 0 Å². The molecule has 1 saturated carbocycles. The summed E-state index contributed by atoms with van der Waals surface area (Å²) in [6.45, 7) is 2.12. The van der Waals surface area contributed by atoms with E-state index in [1.807, 2.05) is 0 Å². The molecule has 0 aliphatic heterocycles. The molecule has 2 rings (SSSR count). The fourth-order valence-electron chi connectivity index (χ4n) is 1.39. The molecule has 4 N–H and O–H groups in total. The van der Waals surface area contributed by atoms with Gasteiger partial charge in [-0.15, -0.1) is 0 Å². The van der Waals surface area contributed by atoms with Crippen molar-refractivity contribution < 1.29 is 4.79 Å². The van der Waals surface area contributed by atoms with Gasteiger partial charge in [-0.25, -0.2) is 10.8 Å². The van der Waals surface area contributed by atoms with Crippen molar-refractivity contribution in [3.8, 4) is 0 Å². The zero-order valence-electron chi connectivity index (χ0n) is 8.53. The van der Waals surface area contributed by atoms with E-state index < -0.39 is 0 Å². The Morgan fingerprint density at radius 2 is 2.33 bits per heavy atom. The molecule has 0 radical (unpaired) electrons. The summed E-state index contributed by atoms with van der Waals surface area (Å²) in [6.07, 6.45) is 2.58. The Hall–Kier alpha value is -1.62. The molecular weight excluding hydrogens is 192 g/mol. The fraction of sp³-hybridized carbons (Fsp3) is 0.400. The van der Waals surface area contributed by atoms with Crippen LogP contribution in [0.2, 0.25) is 0 Å². The van der Waals surface area contributed by atoms with Crippen LogP contribution in [0.5, 0.6) is 0 Å². The van der Waals surface area contributed by atoms with E-state index in [1.165, 1.54) is 6.20 Å². The van der Waals surface area contributed by atoms with Crippen LogP contribution in [0, 0.1) is 5.92 Å². The number of carbonyl (C=O) groups excluding carboxylic acids is 1. The summed E-state index contributed by atoms with van der Waals surface area (Å²) in [5.74, 6) is 6.25. The van der Waals surface area contributed by atoms with Gasteiger partial charge in [0.2, 0.25) is 0 Å². The molecule has 5 nitrogen and oxygen atoms in total. The molecule has 0 aromatic carbocycles. The molecule has 80 valence electrons. The molecule has 1 aliphatic carbocycles.